The Kier molecular flexibility index (Phi) is 7.61. The Hall–Kier alpha value is -2.40. The van der Waals surface area contributed by atoms with Gasteiger partial charge in [-0.1, -0.05) is 0 Å². The van der Waals surface area contributed by atoms with Gasteiger partial charge in [-0.15, -0.1) is 90.7 Å². The smallest absolute Gasteiger partial charge is 0.0628 e. The number of rotatable bonds is 5. The zero-order valence-electron chi connectivity index (χ0n) is 27.9. The van der Waals surface area contributed by atoms with Crippen LogP contribution >= 0.6 is 90.7 Å². The van der Waals surface area contributed by atoms with E-state index < -0.39 is 0 Å². The average molecular weight is 769 g/mol. The van der Waals surface area contributed by atoms with Crippen molar-refractivity contribution in [3.63, 3.8) is 0 Å². The third kappa shape index (κ3) is 4.86. The minimum absolute atomic E-state index is 1.36. The van der Waals surface area contributed by atoms with Crippen molar-refractivity contribution in [1.82, 2.24) is 0 Å². The van der Waals surface area contributed by atoms with Crippen LogP contribution in [0.2, 0.25) is 0 Å². The number of benzene rings is 1. The Morgan fingerprint density at radius 1 is 0.375 bits per heavy atom. The summed E-state index contributed by atoms with van der Waals surface area (Å²) in [4.78, 5) is 18.2. The third-order valence-electron chi connectivity index (χ3n) is 9.33. The predicted octanol–water partition coefficient (Wildman–Crippen LogP) is 16.4. The molecule has 9 rings (SSSR count). The van der Waals surface area contributed by atoms with Crippen molar-refractivity contribution in [3.05, 3.63) is 89.6 Å². The summed E-state index contributed by atoms with van der Waals surface area (Å²) in [6, 6.07) is 19.1. The van der Waals surface area contributed by atoms with E-state index in [1.54, 1.807) is 0 Å². The van der Waals surface area contributed by atoms with Crippen molar-refractivity contribution in [3.8, 4) is 50.1 Å². The fraction of sp³-hybridized carbons (Fsp3) is 0.200. The van der Waals surface area contributed by atoms with Crippen LogP contribution in [0.25, 0.3) is 80.4 Å². The first kappa shape index (κ1) is 31.6. The van der Waals surface area contributed by atoms with Crippen molar-refractivity contribution in [2.45, 2.75) is 55.4 Å². The van der Waals surface area contributed by atoms with Crippen LogP contribution in [-0.4, -0.2) is 0 Å². The van der Waals surface area contributed by atoms with Crippen molar-refractivity contribution in [1.29, 1.82) is 0 Å². The molecule has 0 bridgehead atoms. The summed E-state index contributed by atoms with van der Waals surface area (Å²) in [6.07, 6.45) is 0. The number of hydrogen-bond donors (Lipinski definition) is 0. The van der Waals surface area contributed by atoms with Crippen LogP contribution in [0.1, 0.15) is 41.1 Å². The summed E-state index contributed by atoms with van der Waals surface area (Å²) in [7, 11) is 0. The molecule has 0 saturated carbocycles. The molecule has 0 N–H and O–H groups in total. The molecule has 0 amide bonds. The zero-order valence-corrected chi connectivity index (χ0v) is 34.4. The molecular weight excluding hydrogens is 737 g/mol. The van der Waals surface area contributed by atoms with Gasteiger partial charge < -0.3 is 0 Å². The molecule has 0 aliphatic rings. The Morgan fingerprint density at radius 3 is 1.60 bits per heavy atom. The first-order valence-electron chi connectivity index (χ1n) is 15.9. The van der Waals surface area contributed by atoms with Crippen molar-refractivity contribution >= 4 is 121 Å². The Bertz CT molecular complexity index is 2600. The number of fused-ring (bicyclic) bond motifs is 3. The van der Waals surface area contributed by atoms with Crippen LogP contribution in [0.15, 0.2) is 48.5 Å². The largest absolute Gasteiger partial charge is 0.141 e. The molecule has 8 heterocycles. The molecule has 0 radical (unpaired) electrons. The van der Waals surface area contributed by atoms with Crippen LogP contribution in [0.3, 0.4) is 0 Å². The second-order valence-corrected chi connectivity index (χ2v) is 22.2. The molecule has 0 fully saturated rings. The van der Waals surface area contributed by atoms with E-state index in [1.807, 2.05) is 90.7 Å². The maximum Gasteiger partial charge on any atom is 0.0628 e. The van der Waals surface area contributed by atoms with E-state index in [0.717, 1.165) is 0 Å². The molecule has 240 valence electrons. The highest BCUT2D eigenvalue weighted by Gasteiger charge is 2.26. The van der Waals surface area contributed by atoms with Crippen molar-refractivity contribution in [2.24, 2.45) is 0 Å². The van der Waals surface area contributed by atoms with Gasteiger partial charge in [0.05, 0.1) is 14.5 Å². The lowest BCUT2D eigenvalue weighted by molar-refractivity contribution is 1.44. The maximum atomic E-state index is 2.53. The number of thiophene rings is 8. The molecule has 0 unspecified atom stereocenters. The van der Waals surface area contributed by atoms with Crippen LogP contribution in [0, 0.1) is 55.4 Å². The van der Waals surface area contributed by atoms with Gasteiger partial charge in [-0.2, -0.15) is 0 Å². The molecule has 9 aromatic rings. The van der Waals surface area contributed by atoms with Crippen LogP contribution < -0.4 is 0 Å². The molecule has 1 aromatic carbocycles. The van der Waals surface area contributed by atoms with E-state index in [1.165, 1.54) is 121 Å². The molecule has 0 saturated heterocycles. The van der Waals surface area contributed by atoms with Gasteiger partial charge in [0.1, 0.15) is 0 Å². The summed E-state index contributed by atoms with van der Waals surface area (Å²) >= 11 is 15.7. The molecule has 0 aliphatic heterocycles. The maximum absolute atomic E-state index is 2.53. The van der Waals surface area contributed by atoms with Crippen molar-refractivity contribution in [2.75, 3.05) is 0 Å². The molecule has 0 spiro atoms. The van der Waals surface area contributed by atoms with Gasteiger partial charge in [0, 0.05) is 90.3 Å². The van der Waals surface area contributed by atoms with Crippen LogP contribution in [-0.2, 0) is 0 Å². The van der Waals surface area contributed by atoms with Gasteiger partial charge >= 0.3 is 0 Å². The molecular formula is C40H32S8. The summed E-state index contributed by atoms with van der Waals surface area (Å²) in [6.45, 7) is 18.1. The van der Waals surface area contributed by atoms with Crippen molar-refractivity contribution < 1.29 is 0 Å². The van der Waals surface area contributed by atoms with E-state index in [0.29, 0.717) is 0 Å². The molecule has 8 heteroatoms. The molecule has 0 aliphatic carbocycles. The summed E-state index contributed by atoms with van der Waals surface area (Å²) in [5.74, 6) is 0. The predicted molar refractivity (Wildman–Crippen MR) is 227 cm³/mol. The first-order chi connectivity index (χ1) is 23.0. The summed E-state index contributed by atoms with van der Waals surface area (Å²) < 4.78 is 4.30. The Balaban J connectivity index is 1.28. The zero-order chi connectivity index (χ0) is 33.2. The van der Waals surface area contributed by atoms with Gasteiger partial charge in [0.15, 0.2) is 0 Å². The van der Waals surface area contributed by atoms with Gasteiger partial charge in [-0.25, -0.2) is 0 Å². The van der Waals surface area contributed by atoms with Gasteiger partial charge in [-0.3, -0.25) is 0 Å². The standard InChI is InChI=1S/C40H32S8/c1-17-13-29(44-23(17)7)38-32-22(6)24(8)45-40(32)39(48-38)30-14-18(2)35(46-30)31-16-26-34(28-12-10-20(4)42-28)36-25(15-21(5)43-36)33(37(26)47-31)27-11-9-19(3)41-27/h9-16H,1-8H3. The molecule has 0 atom stereocenters. The van der Waals surface area contributed by atoms with E-state index in [2.05, 4.69) is 104 Å². The minimum Gasteiger partial charge on any atom is -0.141 e. The number of hydrogen-bond acceptors (Lipinski definition) is 8. The average Bonchev–Trinajstić information content (AvgIpc) is 3.88. The summed E-state index contributed by atoms with van der Waals surface area (Å²) in [5.41, 5.74) is 7.04. The fourth-order valence-corrected chi connectivity index (χ4v) is 16.4. The van der Waals surface area contributed by atoms with E-state index in [9.17, 15) is 0 Å². The SMILES string of the molecule is Cc1ccc(-c2c3cc(-c4sc(-c5sc(-c6cc(C)c(C)s6)c6c(C)c(C)sc56)cc4C)sc3c(-c3ccc(C)s3)c3cc(C)sc23)s1. The quantitative estimate of drug-likeness (QED) is 0.164. The van der Waals surface area contributed by atoms with Crippen LogP contribution in [0.5, 0.6) is 0 Å². The lowest BCUT2D eigenvalue weighted by Gasteiger charge is -2.09. The van der Waals surface area contributed by atoms with E-state index in [-0.39, 0.29) is 0 Å². The highest BCUT2D eigenvalue weighted by Crippen LogP contribution is 2.56. The third-order valence-corrected chi connectivity index (χ3v) is 19.1. The normalized spacial score (nSPS) is 12.2. The second kappa shape index (κ2) is 11.6. The van der Waals surface area contributed by atoms with E-state index in [4.69, 9.17) is 0 Å². The van der Waals surface area contributed by atoms with E-state index >= 15 is 0 Å². The highest BCUT2D eigenvalue weighted by atomic mass is 32.1. The fourth-order valence-electron chi connectivity index (χ4n) is 6.75. The molecule has 0 nitrogen and oxygen atoms in total. The lowest BCUT2D eigenvalue weighted by Crippen LogP contribution is -1.81. The van der Waals surface area contributed by atoms with Gasteiger partial charge in [0.2, 0.25) is 0 Å². The van der Waals surface area contributed by atoms with Crippen LogP contribution in [0.4, 0.5) is 0 Å². The molecule has 8 aromatic heterocycles. The van der Waals surface area contributed by atoms with Gasteiger partial charge in [0.25, 0.3) is 0 Å². The minimum atomic E-state index is 1.36. The second-order valence-electron chi connectivity index (χ2n) is 12.7. The Labute approximate surface area is 313 Å². The lowest BCUT2D eigenvalue weighted by atomic mass is 9.99. The first-order valence-corrected chi connectivity index (χ1v) is 22.4. The topological polar surface area (TPSA) is 0 Å². The summed E-state index contributed by atoms with van der Waals surface area (Å²) in [5, 5.41) is 4.27. The van der Waals surface area contributed by atoms with Gasteiger partial charge in [-0.05, 0) is 121 Å². The molecule has 48 heavy (non-hydrogen) atoms. The number of aryl methyl sites for hydroxylation is 8. The monoisotopic (exact) mass is 768 g/mol. The highest BCUT2D eigenvalue weighted by molar-refractivity contribution is 7.34. The Morgan fingerprint density at radius 2 is 0.979 bits per heavy atom.